The highest BCUT2D eigenvalue weighted by molar-refractivity contribution is 5.41. The topological polar surface area (TPSA) is 48.8 Å². The zero-order valence-corrected chi connectivity index (χ0v) is 9.48. The summed E-state index contributed by atoms with van der Waals surface area (Å²) < 4.78 is 0. The fourth-order valence-electron chi connectivity index (χ4n) is 1.31. The molecule has 0 radical (unpaired) electrons. The van der Waals surface area contributed by atoms with Crippen molar-refractivity contribution in [2.24, 2.45) is 5.11 Å². The van der Waals surface area contributed by atoms with Gasteiger partial charge in [-0.3, -0.25) is 0 Å². The predicted molar refractivity (Wildman–Crippen MR) is 65.7 cm³/mol. The Bertz CT molecular complexity index is 434. The van der Waals surface area contributed by atoms with E-state index in [1.165, 1.54) is 0 Å². The third-order valence-electron chi connectivity index (χ3n) is 2.20. The smallest absolute Gasteiger partial charge is 0.0523 e. The summed E-state index contributed by atoms with van der Waals surface area (Å²) in [5.74, 6) is 6.26. The van der Waals surface area contributed by atoms with Gasteiger partial charge in [-0.2, -0.15) is 0 Å². The van der Waals surface area contributed by atoms with Gasteiger partial charge in [-0.25, -0.2) is 0 Å². The van der Waals surface area contributed by atoms with Gasteiger partial charge in [-0.1, -0.05) is 48.5 Å². The number of nitrogens with zero attached hydrogens (tertiary/aromatic N) is 3. The molecule has 1 rings (SSSR count). The quantitative estimate of drug-likeness (QED) is 0.238. The molecule has 1 aromatic rings. The minimum absolute atomic E-state index is 0.370. The Labute approximate surface area is 96.1 Å². The second kappa shape index (κ2) is 7.39. The van der Waals surface area contributed by atoms with E-state index in [4.69, 9.17) is 5.53 Å². The summed E-state index contributed by atoms with van der Waals surface area (Å²) in [4.78, 5) is 2.76. The predicted octanol–water partition coefficient (Wildman–Crippen LogP) is 4.04. The zero-order valence-electron chi connectivity index (χ0n) is 9.48. The van der Waals surface area contributed by atoms with E-state index in [1.54, 1.807) is 0 Å². The highest BCUT2D eigenvalue weighted by Gasteiger charge is 1.96. The van der Waals surface area contributed by atoms with Crippen molar-refractivity contribution in [1.82, 2.24) is 0 Å². The summed E-state index contributed by atoms with van der Waals surface area (Å²) in [7, 11) is 0. The van der Waals surface area contributed by atoms with Gasteiger partial charge in [0.2, 0.25) is 0 Å². The molecule has 0 bridgehead atoms. The second-order valence-electron chi connectivity index (χ2n) is 3.45. The maximum atomic E-state index is 8.29. The van der Waals surface area contributed by atoms with E-state index in [0.717, 1.165) is 30.4 Å². The molecule has 0 aromatic heterocycles. The van der Waals surface area contributed by atoms with Gasteiger partial charge in [0.25, 0.3) is 0 Å². The van der Waals surface area contributed by atoms with Crippen molar-refractivity contribution >= 4 is 0 Å². The molecule has 0 atom stereocenters. The Kier molecular flexibility index (Phi) is 5.62. The summed E-state index contributed by atoms with van der Waals surface area (Å²) in [6.07, 6.45) is 3.22. The summed E-state index contributed by atoms with van der Waals surface area (Å²) in [5.41, 5.74) is 10.2. The van der Waals surface area contributed by atoms with Crippen LogP contribution in [0, 0.1) is 11.8 Å². The van der Waals surface area contributed by atoms with Crippen LogP contribution in [-0.4, -0.2) is 0 Å². The highest BCUT2D eigenvalue weighted by Crippen LogP contribution is 2.08. The van der Waals surface area contributed by atoms with Crippen LogP contribution >= 0.6 is 0 Å². The summed E-state index contributed by atoms with van der Waals surface area (Å²) >= 11 is 0. The Morgan fingerprint density at radius 1 is 1.38 bits per heavy atom. The molecule has 3 nitrogen and oxygen atoms in total. The van der Waals surface area contributed by atoms with Gasteiger partial charge in [0.15, 0.2) is 0 Å². The van der Waals surface area contributed by atoms with Crippen LogP contribution in [0.25, 0.3) is 10.4 Å². The van der Waals surface area contributed by atoms with Crippen molar-refractivity contribution in [3.63, 3.8) is 0 Å². The van der Waals surface area contributed by atoms with Crippen molar-refractivity contribution in [3.8, 4) is 11.8 Å². The summed E-state index contributed by atoms with van der Waals surface area (Å²) in [6, 6.07) is 7.78. The molecule has 0 heterocycles. The first-order valence-corrected chi connectivity index (χ1v) is 5.46. The number of azide groups is 1. The average Bonchev–Trinajstić information content (AvgIpc) is 2.33. The van der Waals surface area contributed by atoms with Crippen LogP contribution in [0.5, 0.6) is 0 Å². The van der Waals surface area contributed by atoms with E-state index in [2.05, 4.69) is 28.8 Å². The van der Waals surface area contributed by atoms with Gasteiger partial charge >= 0.3 is 0 Å². The van der Waals surface area contributed by atoms with Gasteiger partial charge in [-0.05, 0) is 23.6 Å². The van der Waals surface area contributed by atoms with Crippen molar-refractivity contribution in [2.45, 2.75) is 32.7 Å². The normalized spacial score (nSPS) is 8.81. The number of rotatable bonds is 4. The fourth-order valence-corrected chi connectivity index (χ4v) is 1.31. The summed E-state index contributed by atoms with van der Waals surface area (Å²) in [5, 5.41) is 3.56. The molecule has 1 aromatic carbocycles. The van der Waals surface area contributed by atoms with Crippen molar-refractivity contribution in [1.29, 1.82) is 0 Å². The van der Waals surface area contributed by atoms with Gasteiger partial charge < -0.3 is 0 Å². The molecular weight excluding hydrogens is 198 g/mol. The third-order valence-corrected chi connectivity index (χ3v) is 2.20. The molecule has 0 N–H and O–H groups in total. The van der Waals surface area contributed by atoms with Gasteiger partial charge in [0.05, 0.1) is 6.54 Å². The maximum absolute atomic E-state index is 8.29. The molecule has 0 unspecified atom stereocenters. The van der Waals surface area contributed by atoms with Crippen LogP contribution in [0.2, 0.25) is 0 Å². The van der Waals surface area contributed by atoms with Crippen LogP contribution < -0.4 is 0 Å². The minimum Gasteiger partial charge on any atom is -0.0979 e. The lowest BCUT2D eigenvalue weighted by atomic mass is 10.1. The Balaban J connectivity index is 2.76. The minimum atomic E-state index is 0.370. The first-order chi connectivity index (χ1) is 7.88. The Morgan fingerprint density at radius 3 is 2.94 bits per heavy atom. The fraction of sp³-hybridized carbons (Fsp3) is 0.385. The first-order valence-electron chi connectivity index (χ1n) is 5.46. The number of benzene rings is 1. The lowest BCUT2D eigenvalue weighted by Gasteiger charge is -1.98. The van der Waals surface area contributed by atoms with Gasteiger partial charge in [-0.15, -0.1) is 0 Å². The highest BCUT2D eigenvalue weighted by atomic mass is 15.1. The number of hydrogen-bond acceptors (Lipinski definition) is 1. The van der Waals surface area contributed by atoms with E-state index in [-0.39, 0.29) is 0 Å². The van der Waals surface area contributed by atoms with Crippen molar-refractivity contribution in [3.05, 3.63) is 45.8 Å². The molecular formula is C13H15N3. The largest absolute Gasteiger partial charge is 0.0979 e. The number of unbranched alkanes of at least 4 members (excludes halogenated alkanes) is 2. The van der Waals surface area contributed by atoms with E-state index >= 15 is 0 Å². The molecule has 3 heteroatoms. The zero-order chi connectivity index (χ0) is 11.6. The van der Waals surface area contributed by atoms with E-state index in [0.29, 0.717) is 6.54 Å². The second-order valence-corrected chi connectivity index (χ2v) is 3.45. The van der Waals surface area contributed by atoms with Crippen LogP contribution in [0.4, 0.5) is 0 Å². The Morgan fingerprint density at radius 2 is 2.19 bits per heavy atom. The Hall–Kier alpha value is -1.91. The maximum Gasteiger partial charge on any atom is 0.0523 e. The van der Waals surface area contributed by atoms with E-state index in [9.17, 15) is 0 Å². The molecule has 16 heavy (non-hydrogen) atoms. The van der Waals surface area contributed by atoms with Crippen LogP contribution in [0.3, 0.4) is 0 Å². The summed E-state index contributed by atoms with van der Waals surface area (Å²) in [6.45, 7) is 2.52. The molecule has 0 saturated heterocycles. The van der Waals surface area contributed by atoms with Crippen LogP contribution in [0.15, 0.2) is 29.4 Å². The molecule has 0 spiro atoms. The van der Waals surface area contributed by atoms with Gasteiger partial charge in [0, 0.05) is 16.9 Å². The monoisotopic (exact) mass is 213 g/mol. The average molecular weight is 213 g/mol. The lowest BCUT2D eigenvalue weighted by molar-refractivity contribution is 0.828. The molecule has 82 valence electrons. The van der Waals surface area contributed by atoms with E-state index in [1.807, 2.05) is 24.3 Å². The lowest BCUT2D eigenvalue weighted by Crippen LogP contribution is -1.86. The molecule has 0 aliphatic carbocycles. The first kappa shape index (κ1) is 12.2. The molecule has 0 fully saturated rings. The van der Waals surface area contributed by atoms with Crippen LogP contribution in [0.1, 0.15) is 37.3 Å². The number of hydrogen-bond donors (Lipinski definition) is 0. The SMILES string of the molecule is CCCCC#Cc1ccccc1CN=[N+]=[N-]. The van der Waals surface area contributed by atoms with E-state index < -0.39 is 0 Å². The van der Waals surface area contributed by atoms with Crippen molar-refractivity contribution < 1.29 is 0 Å². The molecule has 0 aliphatic rings. The molecule has 0 saturated carbocycles. The van der Waals surface area contributed by atoms with Crippen molar-refractivity contribution in [2.75, 3.05) is 0 Å². The van der Waals surface area contributed by atoms with Crippen LogP contribution in [-0.2, 0) is 6.54 Å². The third kappa shape index (κ3) is 4.08. The molecule has 0 aliphatic heterocycles. The standard InChI is InChI=1S/C13H15N3/c1-2-3-4-5-8-12-9-6-7-10-13(12)11-15-16-14/h6-7,9-10H,2-4,11H2,1H3. The van der Waals surface area contributed by atoms with Gasteiger partial charge in [0.1, 0.15) is 0 Å². The molecule has 0 amide bonds.